The lowest BCUT2D eigenvalue weighted by Gasteiger charge is -2.31. The summed E-state index contributed by atoms with van der Waals surface area (Å²) < 4.78 is 25.9. The molecule has 2 aromatic carbocycles. The molecule has 0 bridgehead atoms. The molecule has 31 heavy (non-hydrogen) atoms. The summed E-state index contributed by atoms with van der Waals surface area (Å²) in [6, 6.07) is 10.8. The predicted molar refractivity (Wildman–Crippen MR) is 124 cm³/mol. The summed E-state index contributed by atoms with van der Waals surface area (Å²) in [4.78, 5) is 26.8. The van der Waals surface area contributed by atoms with Gasteiger partial charge in [-0.2, -0.15) is 0 Å². The van der Waals surface area contributed by atoms with Crippen LogP contribution in [0.4, 0.5) is 5.69 Å². The number of hydrogen-bond acceptors (Lipinski definition) is 4. The lowest BCUT2D eigenvalue weighted by Crippen LogP contribution is -2.50. The maximum Gasteiger partial charge on any atom is 0.244 e. The first-order valence-corrected chi connectivity index (χ1v) is 12.0. The number of likely N-dealkylation sites (N-methyl/N-ethyl adjacent to an activating group) is 1. The first-order chi connectivity index (χ1) is 14.4. The summed E-state index contributed by atoms with van der Waals surface area (Å²) in [6.07, 6.45) is 1.01. The highest BCUT2D eigenvalue weighted by atomic mass is 35.5. The molecule has 2 rings (SSSR count). The number of nitrogens with one attached hydrogen (secondary N) is 1. The van der Waals surface area contributed by atoms with Crippen molar-refractivity contribution in [1.29, 1.82) is 0 Å². The zero-order valence-corrected chi connectivity index (χ0v) is 20.1. The third-order valence-corrected chi connectivity index (χ3v) is 6.60. The Labute approximate surface area is 193 Å². The summed E-state index contributed by atoms with van der Waals surface area (Å²) in [5.41, 5.74) is 1.80. The second-order valence-electron chi connectivity index (χ2n) is 7.14. The van der Waals surface area contributed by atoms with Gasteiger partial charge in [0.2, 0.25) is 21.8 Å². The van der Waals surface area contributed by atoms with Gasteiger partial charge in [0.05, 0.1) is 11.9 Å². The van der Waals surface area contributed by atoms with Gasteiger partial charge in [-0.3, -0.25) is 13.9 Å². The number of rotatable bonds is 8. The van der Waals surface area contributed by atoms with E-state index in [9.17, 15) is 18.0 Å². The average molecular weight is 486 g/mol. The Balaban J connectivity index is 2.39. The van der Waals surface area contributed by atoms with Crippen LogP contribution in [-0.2, 0) is 26.2 Å². The normalized spacial score (nSPS) is 12.2. The Bertz CT molecular complexity index is 1060. The molecule has 0 aliphatic carbocycles. The third kappa shape index (κ3) is 6.59. The Hall–Kier alpha value is -2.29. The number of anilines is 1. The zero-order valence-electron chi connectivity index (χ0n) is 17.7. The summed E-state index contributed by atoms with van der Waals surface area (Å²) >= 11 is 12.1. The molecule has 0 heterocycles. The Morgan fingerprint density at radius 3 is 2.23 bits per heavy atom. The molecule has 0 unspecified atom stereocenters. The molecule has 0 spiro atoms. The van der Waals surface area contributed by atoms with Crippen LogP contribution < -0.4 is 9.62 Å². The summed E-state index contributed by atoms with van der Waals surface area (Å²) in [6.45, 7) is 3.01. The number of benzene rings is 2. The molecular weight excluding hydrogens is 461 g/mol. The van der Waals surface area contributed by atoms with Gasteiger partial charge >= 0.3 is 0 Å². The number of halogens is 2. The maximum absolute atomic E-state index is 13.2. The fourth-order valence-electron chi connectivity index (χ4n) is 2.93. The number of amides is 2. The third-order valence-electron chi connectivity index (χ3n) is 4.80. The van der Waals surface area contributed by atoms with Gasteiger partial charge in [-0.1, -0.05) is 41.4 Å². The molecule has 0 aliphatic rings. The van der Waals surface area contributed by atoms with Crippen molar-refractivity contribution in [3.05, 3.63) is 63.6 Å². The van der Waals surface area contributed by atoms with Crippen LogP contribution in [0.15, 0.2) is 42.5 Å². The standard InChI is InChI=1S/C21H25Cl2N3O4S/c1-14-5-10-18(11-19(14)23)26(31(4,29)30)13-20(27)25(15(2)21(28)24-3)12-16-6-8-17(22)9-7-16/h5-11,15H,12-13H2,1-4H3,(H,24,28)/t15-/m0/s1. The Kier molecular flexibility index (Phi) is 8.34. The highest BCUT2D eigenvalue weighted by Crippen LogP contribution is 2.25. The lowest BCUT2D eigenvalue weighted by molar-refractivity contribution is -0.139. The predicted octanol–water partition coefficient (Wildman–Crippen LogP) is 3.23. The first-order valence-electron chi connectivity index (χ1n) is 9.43. The fraction of sp³-hybridized carbons (Fsp3) is 0.333. The second-order valence-corrected chi connectivity index (χ2v) is 9.89. The number of carbonyl (C=O) groups excluding carboxylic acids is 2. The van der Waals surface area contributed by atoms with E-state index in [1.807, 2.05) is 0 Å². The van der Waals surface area contributed by atoms with E-state index in [4.69, 9.17) is 23.2 Å². The van der Waals surface area contributed by atoms with Gasteiger partial charge in [0, 0.05) is 23.6 Å². The monoisotopic (exact) mass is 485 g/mol. The minimum atomic E-state index is -3.80. The van der Waals surface area contributed by atoms with Crippen LogP contribution in [0.25, 0.3) is 0 Å². The number of hydrogen-bond donors (Lipinski definition) is 1. The molecule has 0 aliphatic heterocycles. The topological polar surface area (TPSA) is 86.8 Å². The largest absolute Gasteiger partial charge is 0.357 e. The van der Waals surface area contributed by atoms with Gasteiger partial charge in [0.15, 0.2) is 0 Å². The molecule has 0 aromatic heterocycles. The maximum atomic E-state index is 13.2. The number of aryl methyl sites for hydroxylation is 1. The van der Waals surface area contributed by atoms with Gasteiger partial charge in [-0.25, -0.2) is 8.42 Å². The quantitative estimate of drug-likeness (QED) is 0.621. The van der Waals surface area contributed by atoms with E-state index in [0.29, 0.717) is 10.0 Å². The summed E-state index contributed by atoms with van der Waals surface area (Å²) in [5, 5.41) is 3.45. The van der Waals surface area contributed by atoms with Gasteiger partial charge in [0.25, 0.3) is 0 Å². The van der Waals surface area contributed by atoms with Crippen molar-refractivity contribution in [2.24, 2.45) is 0 Å². The van der Waals surface area contributed by atoms with E-state index in [1.165, 1.54) is 18.0 Å². The SMILES string of the molecule is CNC(=O)[C@H](C)N(Cc1ccc(Cl)cc1)C(=O)CN(c1ccc(C)c(Cl)c1)S(C)(=O)=O. The molecule has 0 radical (unpaired) electrons. The highest BCUT2D eigenvalue weighted by Gasteiger charge is 2.29. The molecule has 7 nitrogen and oxygen atoms in total. The molecule has 1 atom stereocenters. The van der Waals surface area contributed by atoms with E-state index in [-0.39, 0.29) is 18.1 Å². The van der Waals surface area contributed by atoms with Crippen molar-refractivity contribution in [3.63, 3.8) is 0 Å². The average Bonchev–Trinajstić information content (AvgIpc) is 2.71. The van der Waals surface area contributed by atoms with Crippen LogP contribution in [-0.4, -0.2) is 51.0 Å². The van der Waals surface area contributed by atoms with Gasteiger partial charge in [0.1, 0.15) is 12.6 Å². The number of nitrogens with zero attached hydrogens (tertiary/aromatic N) is 2. The van der Waals surface area contributed by atoms with Crippen molar-refractivity contribution in [2.45, 2.75) is 26.4 Å². The van der Waals surface area contributed by atoms with E-state index >= 15 is 0 Å². The minimum absolute atomic E-state index is 0.108. The van der Waals surface area contributed by atoms with Crippen molar-refractivity contribution in [1.82, 2.24) is 10.2 Å². The van der Waals surface area contributed by atoms with Crippen molar-refractivity contribution in [3.8, 4) is 0 Å². The Morgan fingerprint density at radius 1 is 1.10 bits per heavy atom. The van der Waals surface area contributed by atoms with Gasteiger partial charge < -0.3 is 10.2 Å². The van der Waals surface area contributed by atoms with Crippen molar-refractivity contribution >= 4 is 50.7 Å². The van der Waals surface area contributed by atoms with Crippen molar-refractivity contribution in [2.75, 3.05) is 24.2 Å². The van der Waals surface area contributed by atoms with Crippen LogP contribution >= 0.6 is 23.2 Å². The number of carbonyl (C=O) groups is 2. The van der Waals surface area contributed by atoms with Crippen LogP contribution in [0.5, 0.6) is 0 Å². The highest BCUT2D eigenvalue weighted by molar-refractivity contribution is 7.92. The smallest absolute Gasteiger partial charge is 0.244 e. The van der Waals surface area contributed by atoms with E-state index in [0.717, 1.165) is 21.7 Å². The molecule has 0 fully saturated rings. The molecular formula is C21H25Cl2N3O4S. The zero-order chi connectivity index (χ0) is 23.3. The molecule has 10 heteroatoms. The first kappa shape index (κ1) is 25.0. The van der Waals surface area contributed by atoms with E-state index < -0.39 is 28.5 Å². The Morgan fingerprint density at radius 2 is 1.71 bits per heavy atom. The van der Waals surface area contributed by atoms with Crippen molar-refractivity contribution < 1.29 is 18.0 Å². The molecule has 0 saturated carbocycles. The van der Waals surface area contributed by atoms with Gasteiger partial charge in [-0.05, 0) is 49.2 Å². The van der Waals surface area contributed by atoms with E-state index in [1.54, 1.807) is 50.2 Å². The minimum Gasteiger partial charge on any atom is -0.357 e. The molecule has 2 amide bonds. The second kappa shape index (κ2) is 10.3. The van der Waals surface area contributed by atoms with Gasteiger partial charge in [-0.15, -0.1) is 0 Å². The number of sulfonamides is 1. The summed E-state index contributed by atoms with van der Waals surface area (Å²) in [7, 11) is -2.32. The van der Waals surface area contributed by atoms with Crippen LogP contribution in [0, 0.1) is 6.92 Å². The lowest BCUT2D eigenvalue weighted by atomic mass is 10.1. The molecule has 0 saturated heterocycles. The molecule has 1 N–H and O–H groups in total. The summed E-state index contributed by atoms with van der Waals surface area (Å²) in [5.74, 6) is -0.903. The van der Waals surface area contributed by atoms with Crippen LogP contribution in [0.3, 0.4) is 0 Å². The van der Waals surface area contributed by atoms with E-state index in [2.05, 4.69) is 5.32 Å². The fourth-order valence-corrected chi connectivity index (χ4v) is 4.07. The van der Waals surface area contributed by atoms with Crippen LogP contribution in [0.2, 0.25) is 10.0 Å². The van der Waals surface area contributed by atoms with Crippen LogP contribution in [0.1, 0.15) is 18.1 Å². The molecule has 168 valence electrons. The molecule has 2 aromatic rings.